The van der Waals surface area contributed by atoms with Gasteiger partial charge in [0, 0.05) is 0 Å². The molecule has 1 heteroatoms. The van der Waals surface area contributed by atoms with Gasteiger partial charge in [0.1, 0.15) is 0 Å². The second-order valence-electron chi connectivity index (χ2n) is 5.46. The predicted molar refractivity (Wildman–Crippen MR) is 70.5 cm³/mol. The van der Waals surface area contributed by atoms with Crippen molar-refractivity contribution >= 4 is 0 Å². The van der Waals surface area contributed by atoms with Crippen LogP contribution >= 0.6 is 0 Å². The predicted octanol–water partition coefficient (Wildman–Crippen LogP) is 4.45. The maximum Gasteiger partial charge on any atom is 0.0850 e. The number of hydrogen-bond donors (Lipinski definition) is 1. The quantitative estimate of drug-likeness (QED) is 0.652. The Morgan fingerprint density at radius 3 is 2.06 bits per heavy atom. The molecule has 0 bridgehead atoms. The lowest BCUT2D eigenvalue weighted by molar-refractivity contribution is 0.0203. The molecule has 94 valence electrons. The van der Waals surface area contributed by atoms with Crippen LogP contribution in [0.4, 0.5) is 0 Å². The van der Waals surface area contributed by atoms with Gasteiger partial charge in [0.15, 0.2) is 0 Å². The van der Waals surface area contributed by atoms with Gasteiger partial charge in [0.2, 0.25) is 0 Å². The summed E-state index contributed by atoms with van der Waals surface area (Å²) in [4.78, 5) is 0. The van der Waals surface area contributed by atoms with Crippen molar-refractivity contribution in [2.75, 3.05) is 0 Å². The molecule has 2 atom stereocenters. The monoisotopic (exact) mass is 224 g/mol. The highest BCUT2D eigenvalue weighted by Crippen LogP contribution is 2.30. The minimum absolute atomic E-state index is 0.365. The molecule has 1 aliphatic rings. The third kappa shape index (κ3) is 4.29. The first kappa shape index (κ1) is 13.8. The van der Waals surface area contributed by atoms with E-state index in [-0.39, 0.29) is 0 Å². The van der Waals surface area contributed by atoms with Crippen LogP contribution in [0.2, 0.25) is 0 Å². The fourth-order valence-corrected chi connectivity index (χ4v) is 2.72. The van der Waals surface area contributed by atoms with Gasteiger partial charge in [0.25, 0.3) is 0 Å². The Bertz CT molecular complexity index is 200. The van der Waals surface area contributed by atoms with Gasteiger partial charge in [-0.2, -0.15) is 0 Å². The zero-order valence-electron chi connectivity index (χ0n) is 10.9. The van der Waals surface area contributed by atoms with Crippen LogP contribution in [0, 0.1) is 5.92 Å². The largest absolute Gasteiger partial charge is 0.386 e. The second kappa shape index (κ2) is 7.11. The Hall–Kier alpha value is -0.300. The smallest absolute Gasteiger partial charge is 0.0850 e. The van der Waals surface area contributed by atoms with Gasteiger partial charge >= 0.3 is 0 Å². The highest BCUT2D eigenvalue weighted by Gasteiger charge is 2.29. The van der Waals surface area contributed by atoms with Gasteiger partial charge in [-0.3, -0.25) is 0 Å². The fraction of sp³-hybridized carbons (Fsp3) is 0.867. The molecule has 2 unspecified atom stereocenters. The molecule has 1 rings (SSSR count). The van der Waals surface area contributed by atoms with E-state index in [1.807, 2.05) is 0 Å². The molecule has 0 amide bonds. The number of rotatable bonds is 1. The summed E-state index contributed by atoms with van der Waals surface area (Å²) in [5.74, 6) is 0.365. The molecule has 0 aromatic rings. The summed E-state index contributed by atoms with van der Waals surface area (Å²) in [6, 6.07) is 0. The van der Waals surface area contributed by atoms with Crippen LogP contribution in [0.5, 0.6) is 0 Å². The maximum atomic E-state index is 10.5. The molecule has 0 aliphatic heterocycles. The first-order chi connectivity index (χ1) is 7.69. The normalized spacial score (nSPS) is 34.8. The van der Waals surface area contributed by atoms with Gasteiger partial charge in [-0.25, -0.2) is 0 Å². The molecule has 0 heterocycles. The lowest BCUT2D eigenvalue weighted by Gasteiger charge is -2.31. The molecular formula is C15H28O. The van der Waals surface area contributed by atoms with Crippen LogP contribution in [0.15, 0.2) is 12.7 Å². The Morgan fingerprint density at radius 2 is 1.50 bits per heavy atom. The molecule has 0 saturated heterocycles. The molecule has 1 aliphatic carbocycles. The topological polar surface area (TPSA) is 20.2 Å². The Labute approximate surface area is 101 Å². The number of aliphatic hydroxyl groups is 1. The zero-order valence-corrected chi connectivity index (χ0v) is 10.9. The Balaban J connectivity index is 2.50. The molecular weight excluding hydrogens is 196 g/mol. The van der Waals surface area contributed by atoms with E-state index in [0.29, 0.717) is 5.92 Å². The van der Waals surface area contributed by atoms with Crippen LogP contribution in [-0.4, -0.2) is 10.7 Å². The van der Waals surface area contributed by atoms with E-state index in [9.17, 15) is 5.11 Å². The van der Waals surface area contributed by atoms with Crippen LogP contribution in [0.1, 0.15) is 71.1 Å². The van der Waals surface area contributed by atoms with E-state index in [0.717, 1.165) is 19.3 Å². The standard InChI is InChI=1S/C15H28O/c1-3-15(16)13-11-9-7-5-4-6-8-10-12-14(15)2/h3,14,16H,1,4-13H2,2H3. The first-order valence-electron chi connectivity index (χ1n) is 7.05. The molecule has 16 heavy (non-hydrogen) atoms. The molecule has 1 nitrogen and oxygen atoms in total. The van der Waals surface area contributed by atoms with Gasteiger partial charge in [-0.1, -0.05) is 64.4 Å². The Morgan fingerprint density at radius 1 is 1.00 bits per heavy atom. The van der Waals surface area contributed by atoms with Crippen molar-refractivity contribution in [3.05, 3.63) is 12.7 Å². The van der Waals surface area contributed by atoms with E-state index in [4.69, 9.17) is 0 Å². The molecule has 1 N–H and O–H groups in total. The minimum Gasteiger partial charge on any atom is -0.386 e. The summed E-state index contributed by atoms with van der Waals surface area (Å²) in [6.45, 7) is 6.00. The van der Waals surface area contributed by atoms with E-state index in [2.05, 4.69) is 13.5 Å². The molecule has 1 saturated carbocycles. The van der Waals surface area contributed by atoms with Crippen molar-refractivity contribution in [2.45, 2.75) is 76.7 Å². The summed E-state index contributed by atoms with van der Waals surface area (Å²) >= 11 is 0. The molecule has 0 radical (unpaired) electrons. The molecule has 1 fully saturated rings. The summed E-state index contributed by atoms with van der Waals surface area (Å²) in [5, 5.41) is 10.5. The van der Waals surface area contributed by atoms with E-state index in [1.54, 1.807) is 6.08 Å². The van der Waals surface area contributed by atoms with E-state index < -0.39 is 5.60 Å². The van der Waals surface area contributed by atoms with Crippen molar-refractivity contribution in [1.82, 2.24) is 0 Å². The van der Waals surface area contributed by atoms with Crippen molar-refractivity contribution in [1.29, 1.82) is 0 Å². The van der Waals surface area contributed by atoms with Gasteiger partial charge < -0.3 is 5.11 Å². The highest BCUT2D eigenvalue weighted by molar-refractivity contribution is 4.99. The average Bonchev–Trinajstić information content (AvgIpc) is 2.29. The van der Waals surface area contributed by atoms with Crippen molar-refractivity contribution < 1.29 is 5.11 Å². The first-order valence-corrected chi connectivity index (χ1v) is 7.05. The van der Waals surface area contributed by atoms with Crippen LogP contribution in [0.25, 0.3) is 0 Å². The van der Waals surface area contributed by atoms with E-state index in [1.165, 1.54) is 44.9 Å². The highest BCUT2D eigenvalue weighted by atomic mass is 16.3. The fourth-order valence-electron chi connectivity index (χ4n) is 2.72. The van der Waals surface area contributed by atoms with Crippen LogP contribution < -0.4 is 0 Å². The zero-order chi connectivity index (χ0) is 11.9. The van der Waals surface area contributed by atoms with Crippen molar-refractivity contribution in [3.63, 3.8) is 0 Å². The lowest BCUT2D eigenvalue weighted by atomic mass is 9.80. The van der Waals surface area contributed by atoms with Crippen LogP contribution in [0.3, 0.4) is 0 Å². The lowest BCUT2D eigenvalue weighted by Crippen LogP contribution is -2.34. The SMILES string of the molecule is C=CC1(O)CCCCCCCCCCC1C. The maximum absolute atomic E-state index is 10.5. The van der Waals surface area contributed by atoms with Crippen LogP contribution in [-0.2, 0) is 0 Å². The summed E-state index contributed by atoms with van der Waals surface area (Å²) in [7, 11) is 0. The molecule has 0 aromatic carbocycles. The minimum atomic E-state index is -0.612. The summed E-state index contributed by atoms with van der Waals surface area (Å²) < 4.78 is 0. The third-order valence-electron chi connectivity index (χ3n) is 4.17. The molecule has 0 aromatic heterocycles. The second-order valence-corrected chi connectivity index (χ2v) is 5.46. The number of hydrogen-bond acceptors (Lipinski definition) is 1. The third-order valence-corrected chi connectivity index (χ3v) is 4.17. The Kier molecular flexibility index (Phi) is 6.12. The van der Waals surface area contributed by atoms with Crippen molar-refractivity contribution in [3.8, 4) is 0 Å². The van der Waals surface area contributed by atoms with Gasteiger partial charge in [-0.15, -0.1) is 6.58 Å². The average molecular weight is 224 g/mol. The van der Waals surface area contributed by atoms with Gasteiger partial charge in [-0.05, 0) is 18.8 Å². The van der Waals surface area contributed by atoms with Crippen molar-refractivity contribution in [2.24, 2.45) is 5.92 Å². The molecule has 0 spiro atoms. The van der Waals surface area contributed by atoms with E-state index >= 15 is 0 Å². The summed E-state index contributed by atoms with van der Waals surface area (Å²) in [6.07, 6.45) is 14.3. The van der Waals surface area contributed by atoms with Gasteiger partial charge in [0.05, 0.1) is 5.60 Å². The summed E-state index contributed by atoms with van der Waals surface area (Å²) in [5.41, 5.74) is -0.612.